The number of aliphatic imine (C=N–C) groups is 1. The molecule has 2 nitrogen and oxygen atoms in total. The van der Waals surface area contributed by atoms with Crippen LogP contribution in [0, 0.1) is 5.92 Å². The van der Waals surface area contributed by atoms with Gasteiger partial charge in [0.2, 0.25) is 0 Å². The van der Waals surface area contributed by atoms with E-state index in [9.17, 15) is 48.3 Å². The first-order valence-corrected chi connectivity index (χ1v) is 6.10. The lowest BCUT2D eigenvalue weighted by Gasteiger charge is -2.30. The van der Waals surface area contributed by atoms with Crippen LogP contribution in [0.3, 0.4) is 0 Å². The van der Waals surface area contributed by atoms with Crippen LogP contribution in [0.1, 0.15) is 13.8 Å². The molecule has 24 heavy (non-hydrogen) atoms. The summed E-state index contributed by atoms with van der Waals surface area (Å²) >= 11 is 4.02. The normalized spacial score (nSPS) is 15.2. The number of alkyl halides is 11. The quantitative estimate of drug-likeness (QED) is 0.375. The molecule has 0 spiro atoms. The molecular formula is C10H8F11NOS. The Balaban J connectivity index is 6.43. The zero-order valence-corrected chi connectivity index (χ0v) is 12.4. The van der Waals surface area contributed by atoms with Crippen molar-refractivity contribution in [3.05, 3.63) is 0 Å². The minimum atomic E-state index is -6.77. The molecule has 0 aromatic heterocycles. The van der Waals surface area contributed by atoms with E-state index in [4.69, 9.17) is 0 Å². The molecule has 0 radical (unpaired) electrons. The number of ether oxygens (including phenoxy) is 1. The van der Waals surface area contributed by atoms with Gasteiger partial charge in [-0.1, -0.05) is 0 Å². The summed E-state index contributed by atoms with van der Waals surface area (Å²) in [5.74, 6) is -11.7. The lowest BCUT2D eigenvalue weighted by molar-refractivity contribution is -0.280. The fraction of sp³-hybridized carbons (Fsp3) is 0.800. The number of rotatable bonds is 3. The van der Waals surface area contributed by atoms with Gasteiger partial charge in [0.1, 0.15) is 5.71 Å². The van der Waals surface area contributed by atoms with E-state index in [0.717, 1.165) is 13.8 Å². The first-order valence-electron chi connectivity index (χ1n) is 5.69. The minimum Gasteiger partial charge on any atom is -0.467 e. The molecular weight excluding hydrogens is 391 g/mol. The Morgan fingerprint density at radius 1 is 0.833 bits per heavy atom. The molecule has 14 heteroatoms. The van der Waals surface area contributed by atoms with Gasteiger partial charge in [0, 0.05) is 0 Å². The Kier molecular flexibility index (Phi) is 6.61. The summed E-state index contributed by atoms with van der Waals surface area (Å²) in [4.78, 5) is 2.00. The molecule has 0 aliphatic carbocycles. The molecule has 0 aliphatic heterocycles. The Morgan fingerprint density at radius 2 is 1.21 bits per heavy atom. The third-order valence-corrected chi connectivity index (χ3v) is 2.34. The van der Waals surface area contributed by atoms with Gasteiger partial charge in [-0.15, -0.1) is 0 Å². The molecule has 0 atom stereocenters. The first kappa shape index (κ1) is 22.8. The van der Waals surface area contributed by atoms with Crippen LogP contribution in [-0.4, -0.2) is 41.4 Å². The lowest BCUT2D eigenvalue weighted by Crippen LogP contribution is -2.55. The fourth-order valence-electron chi connectivity index (χ4n) is 1.28. The zero-order chi connectivity index (χ0) is 19.7. The number of nitrogens with zero attached hydrogens (tertiary/aromatic N) is 1. The van der Waals surface area contributed by atoms with Gasteiger partial charge in [0.15, 0.2) is 5.92 Å². The summed E-state index contributed by atoms with van der Waals surface area (Å²) in [5, 5.41) is -1.62. The maximum Gasteiger partial charge on any atom is 0.459 e. The third kappa shape index (κ3) is 5.70. The van der Waals surface area contributed by atoms with Crippen molar-refractivity contribution >= 4 is 23.1 Å². The van der Waals surface area contributed by atoms with Gasteiger partial charge >= 0.3 is 24.5 Å². The molecule has 0 aromatic carbocycles. The standard InChI is InChI=1S/C10H8F11NOS/c1-3(2)23-6(24)22-5(7(11,12)10(19,20)21)4(8(13,14)15)9(16,17)18/h3-4H,1-2H3/b22-5-. The second-order valence-electron chi connectivity index (χ2n) is 4.52. The number of hydrogen-bond donors (Lipinski definition) is 0. The second-order valence-corrected chi connectivity index (χ2v) is 4.87. The number of halogens is 11. The monoisotopic (exact) mass is 399 g/mol. The molecule has 0 bridgehead atoms. The van der Waals surface area contributed by atoms with E-state index in [1.165, 1.54) is 0 Å². The highest BCUT2D eigenvalue weighted by Crippen LogP contribution is 2.47. The van der Waals surface area contributed by atoms with Crippen molar-refractivity contribution in [2.24, 2.45) is 10.9 Å². The van der Waals surface area contributed by atoms with Crippen LogP contribution in [0.5, 0.6) is 0 Å². The van der Waals surface area contributed by atoms with Gasteiger partial charge in [0.05, 0.1) is 6.10 Å². The Labute approximate surface area is 132 Å². The van der Waals surface area contributed by atoms with Gasteiger partial charge in [-0.25, -0.2) is 4.99 Å². The van der Waals surface area contributed by atoms with Crippen LogP contribution in [-0.2, 0) is 4.74 Å². The molecule has 0 fully saturated rings. The average Bonchev–Trinajstić information content (AvgIpc) is 2.20. The van der Waals surface area contributed by atoms with E-state index in [2.05, 4.69) is 17.0 Å². The molecule has 0 saturated heterocycles. The maximum absolute atomic E-state index is 13.2. The molecule has 0 unspecified atom stereocenters. The topological polar surface area (TPSA) is 21.6 Å². The molecule has 0 rings (SSSR count). The summed E-state index contributed by atoms with van der Waals surface area (Å²) in [5.41, 5.74) is -3.55. The van der Waals surface area contributed by atoms with Crippen molar-refractivity contribution in [3.63, 3.8) is 0 Å². The Bertz CT molecular complexity index is 475. The smallest absolute Gasteiger partial charge is 0.459 e. The number of thiocarbonyl (C=S) groups is 1. The van der Waals surface area contributed by atoms with E-state index in [1.54, 1.807) is 0 Å². The van der Waals surface area contributed by atoms with Crippen LogP contribution in [0.25, 0.3) is 0 Å². The van der Waals surface area contributed by atoms with Crippen molar-refractivity contribution in [1.29, 1.82) is 0 Å². The van der Waals surface area contributed by atoms with Crippen LogP contribution < -0.4 is 0 Å². The highest BCUT2D eigenvalue weighted by molar-refractivity contribution is 7.80. The fourth-order valence-corrected chi connectivity index (χ4v) is 1.57. The summed E-state index contributed by atoms with van der Waals surface area (Å²) < 4.78 is 143. The van der Waals surface area contributed by atoms with Crippen LogP contribution in [0.4, 0.5) is 48.3 Å². The van der Waals surface area contributed by atoms with Crippen molar-refractivity contribution in [3.8, 4) is 0 Å². The minimum absolute atomic E-state index is 1.04. The number of hydrogen-bond acceptors (Lipinski definition) is 2. The highest BCUT2D eigenvalue weighted by atomic mass is 32.1. The molecule has 0 saturated carbocycles. The molecule has 0 heterocycles. The summed E-state index contributed by atoms with van der Waals surface area (Å²) in [7, 11) is 0. The molecule has 0 aliphatic rings. The van der Waals surface area contributed by atoms with Crippen molar-refractivity contribution < 1.29 is 53.0 Å². The van der Waals surface area contributed by atoms with E-state index in [1.807, 2.05) is 4.99 Å². The largest absolute Gasteiger partial charge is 0.467 e. The van der Waals surface area contributed by atoms with Crippen molar-refractivity contribution in [2.45, 2.75) is 44.4 Å². The van der Waals surface area contributed by atoms with E-state index in [0.29, 0.717) is 0 Å². The van der Waals surface area contributed by atoms with Gasteiger partial charge in [-0.2, -0.15) is 48.3 Å². The summed E-state index contributed by atoms with van der Waals surface area (Å²) in [6.07, 6.45) is -20.9. The third-order valence-electron chi connectivity index (χ3n) is 2.15. The SMILES string of the molecule is CC(C)OC(=S)/N=C(/C(C(F)(F)F)C(F)(F)F)C(F)(F)C(F)(F)F. The molecule has 0 aromatic rings. The predicted molar refractivity (Wildman–Crippen MR) is 62.9 cm³/mol. The Hall–Kier alpha value is -1.21. The first-order chi connectivity index (χ1) is 10.3. The molecule has 0 amide bonds. The summed E-state index contributed by atoms with van der Waals surface area (Å²) in [6.45, 7) is 2.27. The summed E-state index contributed by atoms with van der Waals surface area (Å²) in [6, 6.07) is 0. The zero-order valence-electron chi connectivity index (χ0n) is 11.6. The maximum atomic E-state index is 13.2. The van der Waals surface area contributed by atoms with Gasteiger partial charge in [-0.3, -0.25) is 0 Å². The molecule has 142 valence electrons. The van der Waals surface area contributed by atoms with E-state index >= 15 is 0 Å². The van der Waals surface area contributed by atoms with Crippen LogP contribution in [0.2, 0.25) is 0 Å². The van der Waals surface area contributed by atoms with Crippen molar-refractivity contribution in [1.82, 2.24) is 0 Å². The van der Waals surface area contributed by atoms with E-state index < -0.39 is 47.4 Å². The lowest BCUT2D eigenvalue weighted by atomic mass is 9.96. The molecule has 0 N–H and O–H groups in total. The van der Waals surface area contributed by atoms with E-state index in [-0.39, 0.29) is 0 Å². The highest BCUT2D eigenvalue weighted by Gasteiger charge is 2.71. The van der Waals surface area contributed by atoms with Crippen LogP contribution >= 0.6 is 12.2 Å². The van der Waals surface area contributed by atoms with Crippen molar-refractivity contribution in [2.75, 3.05) is 0 Å². The second kappa shape index (κ2) is 6.96. The van der Waals surface area contributed by atoms with Gasteiger partial charge < -0.3 is 4.74 Å². The van der Waals surface area contributed by atoms with Gasteiger partial charge in [-0.05, 0) is 26.1 Å². The Morgan fingerprint density at radius 3 is 1.46 bits per heavy atom. The van der Waals surface area contributed by atoms with Gasteiger partial charge in [0.25, 0.3) is 5.17 Å². The average molecular weight is 399 g/mol. The van der Waals surface area contributed by atoms with Crippen LogP contribution in [0.15, 0.2) is 4.99 Å². The predicted octanol–water partition coefficient (Wildman–Crippen LogP) is 5.08.